The molecule has 14 heavy (non-hydrogen) atoms. The van der Waals surface area contributed by atoms with E-state index in [-0.39, 0.29) is 11.3 Å². The first-order chi connectivity index (χ1) is 6.58. The van der Waals surface area contributed by atoms with Gasteiger partial charge in [0, 0.05) is 12.5 Å². The van der Waals surface area contributed by atoms with Crippen LogP contribution in [0.4, 0.5) is 0 Å². The van der Waals surface area contributed by atoms with E-state index < -0.39 is 0 Å². The summed E-state index contributed by atoms with van der Waals surface area (Å²) in [4.78, 5) is 11.8. The molecule has 1 rings (SSSR count). The second-order valence-electron chi connectivity index (χ2n) is 4.95. The number of ether oxygens (including phenoxy) is 1. The molecule has 0 aromatic rings. The first kappa shape index (κ1) is 11.7. The number of hydrogen-bond acceptors (Lipinski definition) is 2. The fourth-order valence-electron chi connectivity index (χ4n) is 2.34. The number of ketones is 1. The zero-order valence-corrected chi connectivity index (χ0v) is 9.64. The molecule has 0 aliphatic heterocycles. The summed E-state index contributed by atoms with van der Waals surface area (Å²) in [5.41, 5.74) is 0.201. The summed E-state index contributed by atoms with van der Waals surface area (Å²) in [5.74, 6) is 0.542. The molecule has 1 unspecified atom stereocenters. The summed E-state index contributed by atoms with van der Waals surface area (Å²) in [6.07, 6.45) is 4.41. The fourth-order valence-corrected chi connectivity index (χ4v) is 2.34. The minimum Gasteiger partial charge on any atom is -0.374 e. The van der Waals surface area contributed by atoms with Crippen LogP contribution in [0.2, 0.25) is 0 Å². The molecular formula is C12H22O2. The molecule has 1 aliphatic carbocycles. The molecule has 2 heteroatoms. The molecule has 82 valence electrons. The highest BCUT2D eigenvalue weighted by Gasteiger charge is 2.38. The minimum atomic E-state index is 0.201. The molecule has 2 nitrogen and oxygen atoms in total. The van der Waals surface area contributed by atoms with E-state index in [1.807, 2.05) is 0 Å². The van der Waals surface area contributed by atoms with Crippen LogP contribution in [0.3, 0.4) is 0 Å². The molecule has 1 saturated carbocycles. The van der Waals surface area contributed by atoms with Crippen molar-refractivity contribution in [2.75, 3.05) is 13.2 Å². The van der Waals surface area contributed by atoms with Gasteiger partial charge in [0.25, 0.3) is 0 Å². The number of carbonyl (C=O) groups excluding carboxylic acids is 1. The van der Waals surface area contributed by atoms with E-state index in [9.17, 15) is 4.79 Å². The van der Waals surface area contributed by atoms with Crippen LogP contribution in [0, 0.1) is 11.3 Å². The van der Waals surface area contributed by atoms with Crippen LogP contribution in [0.15, 0.2) is 0 Å². The van der Waals surface area contributed by atoms with Crippen molar-refractivity contribution < 1.29 is 9.53 Å². The molecule has 0 amide bonds. The van der Waals surface area contributed by atoms with Gasteiger partial charge in [0.15, 0.2) is 5.78 Å². The summed E-state index contributed by atoms with van der Waals surface area (Å²) in [6, 6.07) is 0. The Morgan fingerprint density at radius 2 is 2.21 bits per heavy atom. The Morgan fingerprint density at radius 1 is 1.50 bits per heavy atom. The van der Waals surface area contributed by atoms with E-state index in [0.717, 1.165) is 12.8 Å². The van der Waals surface area contributed by atoms with E-state index in [1.165, 1.54) is 12.8 Å². The number of carbonyl (C=O) groups is 1. The zero-order valence-electron chi connectivity index (χ0n) is 9.64. The number of Topliss-reactive ketones (excluding diaryl/α,β-unsaturated/α-hetero) is 1. The quantitative estimate of drug-likeness (QED) is 0.635. The largest absolute Gasteiger partial charge is 0.374 e. The van der Waals surface area contributed by atoms with E-state index in [1.54, 1.807) is 0 Å². The first-order valence-corrected chi connectivity index (χ1v) is 5.68. The van der Waals surface area contributed by atoms with Crippen molar-refractivity contribution in [3.8, 4) is 0 Å². The molecule has 0 aromatic carbocycles. The Kier molecular flexibility index (Phi) is 4.11. The second-order valence-corrected chi connectivity index (χ2v) is 4.95. The lowest BCUT2D eigenvalue weighted by atomic mass is 9.79. The summed E-state index contributed by atoms with van der Waals surface area (Å²) in [7, 11) is 0. The Morgan fingerprint density at radius 3 is 2.71 bits per heavy atom. The lowest BCUT2D eigenvalue weighted by Crippen LogP contribution is -2.28. The normalized spacial score (nSPS) is 25.2. The van der Waals surface area contributed by atoms with Gasteiger partial charge in [-0.25, -0.2) is 0 Å². The molecule has 0 heterocycles. The maximum absolute atomic E-state index is 11.8. The van der Waals surface area contributed by atoms with Crippen LogP contribution in [-0.4, -0.2) is 19.0 Å². The van der Waals surface area contributed by atoms with Gasteiger partial charge in [-0.05, 0) is 24.7 Å². The molecule has 1 fully saturated rings. The van der Waals surface area contributed by atoms with Crippen molar-refractivity contribution in [1.82, 2.24) is 0 Å². The fraction of sp³-hybridized carbons (Fsp3) is 0.917. The molecule has 0 aromatic heterocycles. The lowest BCUT2D eigenvalue weighted by molar-refractivity contribution is -0.130. The molecule has 0 bridgehead atoms. The van der Waals surface area contributed by atoms with Crippen LogP contribution in [0.5, 0.6) is 0 Å². The second kappa shape index (κ2) is 4.92. The average Bonchev–Trinajstić information content (AvgIpc) is 2.45. The van der Waals surface area contributed by atoms with Gasteiger partial charge in [-0.15, -0.1) is 0 Å². The van der Waals surface area contributed by atoms with E-state index >= 15 is 0 Å². The Hall–Kier alpha value is -0.370. The van der Waals surface area contributed by atoms with Gasteiger partial charge in [0.2, 0.25) is 0 Å². The lowest BCUT2D eigenvalue weighted by Gasteiger charge is -2.25. The third-order valence-electron chi connectivity index (χ3n) is 3.24. The Balaban J connectivity index is 2.36. The van der Waals surface area contributed by atoms with Gasteiger partial charge in [-0.2, -0.15) is 0 Å². The molecule has 1 aliphatic rings. The summed E-state index contributed by atoms with van der Waals surface area (Å²) in [5, 5.41) is 0. The number of rotatable bonds is 5. The van der Waals surface area contributed by atoms with Crippen molar-refractivity contribution in [2.24, 2.45) is 11.3 Å². The standard InChI is InChI=1S/C12H22O2/c1-4-8-14-9-11(13)10-6-5-7-12(10,2)3/h10H,4-9H2,1-3H3. The smallest absolute Gasteiger partial charge is 0.162 e. The highest BCUT2D eigenvalue weighted by atomic mass is 16.5. The summed E-state index contributed by atoms with van der Waals surface area (Å²) < 4.78 is 5.30. The number of hydrogen-bond donors (Lipinski definition) is 0. The molecule has 0 saturated heterocycles. The van der Waals surface area contributed by atoms with Gasteiger partial charge in [-0.1, -0.05) is 27.2 Å². The molecule has 1 atom stereocenters. The SMILES string of the molecule is CCCOCC(=O)C1CCCC1(C)C. The monoisotopic (exact) mass is 198 g/mol. The average molecular weight is 198 g/mol. The van der Waals surface area contributed by atoms with Crippen molar-refractivity contribution in [3.63, 3.8) is 0 Å². The molecule has 0 N–H and O–H groups in total. The highest BCUT2D eigenvalue weighted by molar-refractivity contribution is 5.83. The highest BCUT2D eigenvalue weighted by Crippen LogP contribution is 2.42. The van der Waals surface area contributed by atoms with Gasteiger partial charge >= 0.3 is 0 Å². The van der Waals surface area contributed by atoms with Crippen LogP contribution < -0.4 is 0 Å². The first-order valence-electron chi connectivity index (χ1n) is 5.68. The van der Waals surface area contributed by atoms with E-state index in [4.69, 9.17) is 4.74 Å². The third kappa shape index (κ3) is 2.81. The van der Waals surface area contributed by atoms with E-state index in [0.29, 0.717) is 19.0 Å². The van der Waals surface area contributed by atoms with Crippen LogP contribution in [0.1, 0.15) is 46.5 Å². The Bertz CT molecular complexity index is 196. The van der Waals surface area contributed by atoms with Crippen LogP contribution >= 0.6 is 0 Å². The third-order valence-corrected chi connectivity index (χ3v) is 3.24. The van der Waals surface area contributed by atoms with Crippen molar-refractivity contribution in [3.05, 3.63) is 0 Å². The van der Waals surface area contributed by atoms with Crippen molar-refractivity contribution >= 4 is 5.78 Å². The van der Waals surface area contributed by atoms with Crippen molar-refractivity contribution in [2.45, 2.75) is 46.5 Å². The van der Waals surface area contributed by atoms with Crippen LogP contribution in [-0.2, 0) is 9.53 Å². The van der Waals surface area contributed by atoms with Crippen molar-refractivity contribution in [1.29, 1.82) is 0 Å². The maximum atomic E-state index is 11.8. The topological polar surface area (TPSA) is 26.3 Å². The predicted molar refractivity (Wildman–Crippen MR) is 57.2 cm³/mol. The predicted octanol–water partition coefficient (Wildman–Crippen LogP) is 2.81. The summed E-state index contributed by atoms with van der Waals surface area (Å²) in [6.45, 7) is 7.48. The molecule has 0 radical (unpaired) electrons. The van der Waals surface area contributed by atoms with Gasteiger partial charge in [-0.3, -0.25) is 4.79 Å². The molecule has 0 spiro atoms. The summed E-state index contributed by atoms with van der Waals surface area (Å²) >= 11 is 0. The zero-order chi connectivity index (χ0) is 10.6. The van der Waals surface area contributed by atoms with Gasteiger partial charge < -0.3 is 4.74 Å². The van der Waals surface area contributed by atoms with Gasteiger partial charge in [0.1, 0.15) is 6.61 Å². The van der Waals surface area contributed by atoms with Crippen LogP contribution in [0.25, 0.3) is 0 Å². The maximum Gasteiger partial charge on any atom is 0.162 e. The van der Waals surface area contributed by atoms with Gasteiger partial charge in [0.05, 0.1) is 0 Å². The van der Waals surface area contributed by atoms with E-state index in [2.05, 4.69) is 20.8 Å². The Labute approximate surface area is 87.0 Å². The molecular weight excluding hydrogens is 176 g/mol. The minimum absolute atomic E-state index is 0.201.